The van der Waals surface area contributed by atoms with Gasteiger partial charge in [-0.05, 0) is 40.0 Å². The number of anilines is 1. The van der Waals surface area contributed by atoms with E-state index < -0.39 is 16.0 Å². The van der Waals surface area contributed by atoms with E-state index in [0.29, 0.717) is 6.54 Å². The Morgan fingerprint density at radius 3 is 2.59 bits per heavy atom. The zero-order valence-corrected chi connectivity index (χ0v) is 11.9. The summed E-state index contributed by atoms with van der Waals surface area (Å²) in [4.78, 5) is 0. The van der Waals surface area contributed by atoms with Crippen LogP contribution in [0.4, 0.5) is 10.1 Å². The maximum Gasteiger partial charge on any atom is 0.299 e. The summed E-state index contributed by atoms with van der Waals surface area (Å²) in [6, 6.07) is 4.02. The highest BCUT2D eigenvalue weighted by Gasteiger charge is 2.11. The third-order valence-electron chi connectivity index (χ3n) is 1.85. The molecule has 1 aromatic carbocycles. The predicted octanol–water partition coefficient (Wildman–Crippen LogP) is 2.49. The second-order valence-electron chi connectivity index (χ2n) is 3.98. The van der Waals surface area contributed by atoms with Crippen molar-refractivity contribution in [1.82, 2.24) is 4.72 Å². The van der Waals surface area contributed by atoms with Crippen molar-refractivity contribution in [3.05, 3.63) is 28.5 Å². The molecule has 0 aliphatic heterocycles. The monoisotopic (exact) mass is 324 g/mol. The molecule has 0 aromatic heterocycles. The van der Waals surface area contributed by atoms with Crippen LogP contribution in [0.25, 0.3) is 0 Å². The summed E-state index contributed by atoms with van der Waals surface area (Å²) in [6.45, 7) is 4.11. The molecule has 0 aliphatic carbocycles. The molecule has 0 heterocycles. The summed E-state index contributed by atoms with van der Waals surface area (Å²) in [6.07, 6.45) is 0. The molecule has 0 saturated heterocycles. The Labute approximate surface area is 109 Å². The summed E-state index contributed by atoms with van der Waals surface area (Å²) < 4.78 is 41.2. The van der Waals surface area contributed by atoms with Crippen molar-refractivity contribution in [3.63, 3.8) is 0 Å². The summed E-state index contributed by atoms with van der Waals surface area (Å²) >= 11 is 2.99. The van der Waals surface area contributed by atoms with Gasteiger partial charge in [-0.25, -0.2) is 4.39 Å². The Morgan fingerprint density at radius 1 is 1.41 bits per heavy atom. The molecule has 0 radical (unpaired) electrons. The van der Waals surface area contributed by atoms with E-state index in [-0.39, 0.29) is 16.1 Å². The van der Waals surface area contributed by atoms with Gasteiger partial charge in [0.1, 0.15) is 5.82 Å². The zero-order chi connectivity index (χ0) is 13.1. The molecule has 0 amide bonds. The second-order valence-corrected chi connectivity index (χ2v) is 6.33. The van der Waals surface area contributed by atoms with Crippen LogP contribution in [0.15, 0.2) is 22.7 Å². The molecule has 0 spiro atoms. The maximum atomic E-state index is 13.2. The van der Waals surface area contributed by atoms with Crippen molar-refractivity contribution < 1.29 is 12.8 Å². The lowest BCUT2D eigenvalue weighted by Crippen LogP contribution is -2.32. The summed E-state index contributed by atoms with van der Waals surface area (Å²) in [7, 11) is -3.64. The van der Waals surface area contributed by atoms with Crippen LogP contribution in [0.5, 0.6) is 0 Å². The molecule has 2 N–H and O–H groups in total. The molecule has 1 rings (SSSR count). The number of rotatable bonds is 5. The minimum atomic E-state index is -3.64. The molecule has 0 saturated carbocycles. The van der Waals surface area contributed by atoms with Gasteiger partial charge in [0.2, 0.25) is 0 Å². The quantitative estimate of drug-likeness (QED) is 0.874. The fourth-order valence-electron chi connectivity index (χ4n) is 1.03. The Balaban J connectivity index is 2.73. The molecule has 0 bridgehead atoms. The Kier molecular flexibility index (Phi) is 4.91. The van der Waals surface area contributed by atoms with Gasteiger partial charge in [-0.1, -0.05) is 13.8 Å². The normalized spacial score (nSPS) is 11.8. The lowest BCUT2D eigenvalue weighted by atomic mass is 10.2. The van der Waals surface area contributed by atoms with Gasteiger partial charge in [-0.15, -0.1) is 0 Å². The van der Waals surface area contributed by atoms with Crippen molar-refractivity contribution in [2.75, 3.05) is 11.3 Å². The lowest BCUT2D eigenvalue weighted by molar-refractivity contribution is 0.565. The van der Waals surface area contributed by atoms with Crippen LogP contribution < -0.4 is 9.44 Å². The van der Waals surface area contributed by atoms with Crippen molar-refractivity contribution in [1.29, 1.82) is 0 Å². The molecule has 17 heavy (non-hydrogen) atoms. The highest BCUT2D eigenvalue weighted by molar-refractivity contribution is 9.10. The molecular weight excluding hydrogens is 311 g/mol. The highest BCUT2D eigenvalue weighted by Crippen LogP contribution is 2.19. The van der Waals surface area contributed by atoms with E-state index in [0.717, 1.165) is 6.07 Å². The van der Waals surface area contributed by atoms with Crippen LogP contribution in [0, 0.1) is 11.7 Å². The van der Waals surface area contributed by atoms with Crippen LogP contribution >= 0.6 is 15.9 Å². The highest BCUT2D eigenvalue weighted by atomic mass is 79.9. The van der Waals surface area contributed by atoms with Crippen LogP contribution in [0.2, 0.25) is 0 Å². The van der Waals surface area contributed by atoms with Gasteiger partial charge in [0, 0.05) is 6.54 Å². The smallest absolute Gasteiger partial charge is 0.271 e. The van der Waals surface area contributed by atoms with E-state index >= 15 is 0 Å². The van der Waals surface area contributed by atoms with E-state index in [1.165, 1.54) is 12.1 Å². The van der Waals surface area contributed by atoms with E-state index in [9.17, 15) is 12.8 Å². The molecule has 96 valence electrons. The van der Waals surface area contributed by atoms with Crippen LogP contribution in [0.1, 0.15) is 13.8 Å². The molecule has 4 nitrogen and oxygen atoms in total. The SMILES string of the molecule is CC(C)CNS(=O)(=O)Nc1ccc(Br)c(F)c1. The number of halogens is 2. The molecule has 0 unspecified atom stereocenters. The first-order chi connectivity index (χ1) is 7.80. The third-order valence-corrected chi connectivity index (χ3v) is 3.55. The molecular formula is C10H14BrFN2O2S. The van der Waals surface area contributed by atoms with E-state index in [4.69, 9.17) is 0 Å². The van der Waals surface area contributed by atoms with Gasteiger partial charge in [0.05, 0.1) is 10.2 Å². The number of hydrogen-bond acceptors (Lipinski definition) is 2. The van der Waals surface area contributed by atoms with Crippen LogP contribution in [-0.2, 0) is 10.2 Å². The van der Waals surface area contributed by atoms with Crippen molar-refractivity contribution in [2.24, 2.45) is 5.92 Å². The average Bonchev–Trinajstić information content (AvgIpc) is 2.21. The average molecular weight is 325 g/mol. The molecule has 0 fully saturated rings. The second kappa shape index (κ2) is 5.79. The third kappa shape index (κ3) is 5.01. The number of benzene rings is 1. The van der Waals surface area contributed by atoms with Crippen molar-refractivity contribution in [2.45, 2.75) is 13.8 Å². The zero-order valence-electron chi connectivity index (χ0n) is 9.50. The fraction of sp³-hybridized carbons (Fsp3) is 0.400. The Hall–Kier alpha value is -0.660. The van der Waals surface area contributed by atoms with Gasteiger partial charge in [0.25, 0.3) is 10.2 Å². The standard InChI is InChI=1S/C10H14BrFN2O2S/c1-7(2)6-13-17(15,16)14-8-3-4-9(11)10(12)5-8/h3-5,7,13-14H,6H2,1-2H3. The van der Waals surface area contributed by atoms with Gasteiger partial charge >= 0.3 is 0 Å². The molecule has 0 atom stereocenters. The van der Waals surface area contributed by atoms with Crippen molar-refractivity contribution in [3.8, 4) is 0 Å². The first-order valence-corrected chi connectivity index (χ1v) is 7.30. The van der Waals surface area contributed by atoms with Gasteiger partial charge in [0.15, 0.2) is 0 Å². The fourth-order valence-corrected chi connectivity index (χ4v) is 2.34. The van der Waals surface area contributed by atoms with E-state index in [2.05, 4.69) is 25.4 Å². The number of nitrogens with one attached hydrogen (secondary N) is 2. The summed E-state index contributed by atoms with van der Waals surface area (Å²) in [5, 5.41) is 0. The minimum Gasteiger partial charge on any atom is -0.271 e. The molecule has 7 heteroatoms. The lowest BCUT2D eigenvalue weighted by Gasteiger charge is -2.11. The van der Waals surface area contributed by atoms with Gasteiger partial charge in [-0.2, -0.15) is 13.1 Å². The predicted molar refractivity (Wildman–Crippen MR) is 69.5 cm³/mol. The number of hydrogen-bond donors (Lipinski definition) is 2. The molecule has 0 aliphatic rings. The summed E-state index contributed by atoms with van der Waals surface area (Å²) in [5.41, 5.74) is 0.182. The molecule has 1 aromatic rings. The summed E-state index contributed by atoms with van der Waals surface area (Å²) in [5.74, 6) is -0.317. The van der Waals surface area contributed by atoms with Crippen LogP contribution in [0.3, 0.4) is 0 Å². The minimum absolute atomic E-state index is 0.182. The van der Waals surface area contributed by atoms with Gasteiger partial charge in [-0.3, -0.25) is 4.72 Å². The Bertz CT molecular complexity index is 491. The first-order valence-electron chi connectivity index (χ1n) is 5.02. The first kappa shape index (κ1) is 14.4. The Morgan fingerprint density at radius 2 is 2.06 bits per heavy atom. The topological polar surface area (TPSA) is 58.2 Å². The largest absolute Gasteiger partial charge is 0.299 e. The van der Waals surface area contributed by atoms with E-state index in [1.807, 2.05) is 13.8 Å². The maximum absolute atomic E-state index is 13.2. The van der Waals surface area contributed by atoms with Crippen LogP contribution in [-0.4, -0.2) is 15.0 Å². The van der Waals surface area contributed by atoms with Gasteiger partial charge < -0.3 is 0 Å². The van der Waals surface area contributed by atoms with Crippen molar-refractivity contribution >= 4 is 31.8 Å². The van der Waals surface area contributed by atoms with E-state index in [1.54, 1.807) is 0 Å².